The standard InChI is InChI=1S/C28H41BrN2O7/c1-26(2,3)38-25(33)30(4)20-16-27(11-12-28(17-23(27)29)36-13-14-37-28)31(18-20)22(24(32)35-6)15-19-7-9-21(34-5)10-8-19/h7-10,20,22-23H,11-18H2,1-6H3/t20-,22+,23?,27+/m0/s1. The van der Waals surface area contributed by atoms with Crippen molar-refractivity contribution >= 4 is 28.0 Å². The molecule has 0 N–H and O–H groups in total. The second-order valence-electron chi connectivity index (χ2n) is 11.6. The minimum atomic E-state index is -0.601. The van der Waals surface area contributed by atoms with Crippen molar-refractivity contribution in [3.63, 3.8) is 0 Å². The van der Waals surface area contributed by atoms with Crippen LogP contribution < -0.4 is 4.74 Å². The average Bonchev–Trinajstić information content (AvgIpc) is 3.49. The van der Waals surface area contributed by atoms with Gasteiger partial charge in [0.2, 0.25) is 0 Å². The van der Waals surface area contributed by atoms with Crippen LogP contribution in [0.15, 0.2) is 24.3 Å². The topological polar surface area (TPSA) is 86.8 Å². The average molecular weight is 598 g/mol. The smallest absolute Gasteiger partial charge is 0.410 e. The number of ether oxygens (including phenoxy) is 5. The third-order valence-corrected chi connectivity index (χ3v) is 9.24. The lowest BCUT2D eigenvalue weighted by Crippen LogP contribution is -2.62. The van der Waals surface area contributed by atoms with Gasteiger partial charge in [-0.05, 0) is 57.7 Å². The lowest BCUT2D eigenvalue weighted by Gasteiger charge is -2.51. The number of benzene rings is 1. The van der Waals surface area contributed by atoms with Gasteiger partial charge in [0.1, 0.15) is 17.4 Å². The molecule has 1 aromatic carbocycles. The van der Waals surface area contributed by atoms with E-state index in [9.17, 15) is 9.59 Å². The number of hydrogen-bond acceptors (Lipinski definition) is 8. The van der Waals surface area contributed by atoms with Crippen LogP contribution in [0.25, 0.3) is 0 Å². The molecule has 2 aliphatic heterocycles. The normalized spacial score (nSPS) is 27.9. The highest BCUT2D eigenvalue weighted by atomic mass is 79.9. The molecule has 212 valence electrons. The molecule has 0 aromatic heterocycles. The monoisotopic (exact) mass is 596 g/mol. The Morgan fingerprint density at radius 2 is 1.79 bits per heavy atom. The summed E-state index contributed by atoms with van der Waals surface area (Å²) in [7, 11) is 4.84. The molecule has 0 bridgehead atoms. The second kappa shape index (κ2) is 11.3. The highest BCUT2D eigenvalue weighted by Gasteiger charge is 2.60. The molecular weight excluding hydrogens is 556 g/mol. The van der Waals surface area contributed by atoms with Gasteiger partial charge in [0.15, 0.2) is 5.79 Å². The van der Waals surface area contributed by atoms with Crippen LogP contribution in [0.2, 0.25) is 0 Å². The van der Waals surface area contributed by atoms with E-state index < -0.39 is 23.0 Å². The predicted molar refractivity (Wildman–Crippen MR) is 146 cm³/mol. The maximum atomic E-state index is 13.3. The first-order valence-electron chi connectivity index (χ1n) is 13.3. The SMILES string of the molecule is COC(=O)[C@@H](Cc1ccc(OC)cc1)N1C[C@@H](N(C)C(=O)OC(C)(C)C)C[C@@]12CCC1(CC2Br)OCCO1. The number of nitrogens with zero attached hydrogens (tertiary/aromatic N) is 2. The van der Waals surface area contributed by atoms with E-state index in [1.54, 1.807) is 19.1 Å². The molecule has 9 nitrogen and oxygen atoms in total. The number of esters is 1. The Hall–Kier alpha value is -1.88. The summed E-state index contributed by atoms with van der Waals surface area (Å²) in [5.74, 6) is -0.138. The van der Waals surface area contributed by atoms with Gasteiger partial charge in [0.25, 0.3) is 0 Å². The summed E-state index contributed by atoms with van der Waals surface area (Å²) in [6.45, 7) is 7.27. The minimum Gasteiger partial charge on any atom is -0.497 e. The third kappa shape index (κ3) is 5.98. The molecule has 1 aromatic rings. The maximum Gasteiger partial charge on any atom is 0.410 e. The Morgan fingerprint density at radius 3 is 2.34 bits per heavy atom. The Labute approximate surface area is 234 Å². The molecule has 4 atom stereocenters. The van der Waals surface area contributed by atoms with E-state index in [-0.39, 0.29) is 22.9 Å². The van der Waals surface area contributed by atoms with E-state index >= 15 is 0 Å². The summed E-state index contributed by atoms with van der Waals surface area (Å²) in [5, 5.41) is 0. The van der Waals surface area contributed by atoms with Crippen molar-refractivity contribution in [1.82, 2.24) is 9.80 Å². The van der Waals surface area contributed by atoms with Crippen molar-refractivity contribution in [3.05, 3.63) is 29.8 Å². The summed E-state index contributed by atoms with van der Waals surface area (Å²) in [6, 6.07) is 7.06. The fourth-order valence-corrected chi connectivity index (χ4v) is 7.23. The summed E-state index contributed by atoms with van der Waals surface area (Å²) >= 11 is 4.00. The van der Waals surface area contributed by atoms with Gasteiger partial charge in [-0.1, -0.05) is 28.1 Å². The Balaban J connectivity index is 1.66. The first-order chi connectivity index (χ1) is 17.9. The lowest BCUT2D eigenvalue weighted by atomic mass is 9.75. The molecule has 10 heteroatoms. The fraction of sp³-hybridized carbons (Fsp3) is 0.714. The van der Waals surface area contributed by atoms with Gasteiger partial charge in [-0.2, -0.15) is 0 Å². The molecule has 4 rings (SSSR count). The first-order valence-corrected chi connectivity index (χ1v) is 14.2. The zero-order chi connectivity index (χ0) is 27.7. The third-order valence-electron chi connectivity index (χ3n) is 8.06. The molecule has 0 radical (unpaired) electrons. The number of rotatable bonds is 6. The molecule has 1 amide bonds. The summed E-state index contributed by atoms with van der Waals surface area (Å²) in [6.07, 6.45) is 2.90. The van der Waals surface area contributed by atoms with Crippen molar-refractivity contribution in [1.29, 1.82) is 0 Å². The van der Waals surface area contributed by atoms with Gasteiger partial charge in [0.05, 0.1) is 27.4 Å². The van der Waals surface area contributed by atoms with Crippen LogP contribution in [-0.4, -0.2) is 96.7 Å². The summed E-state index contributed by atoms with van der Waals surface area (Å²) < 4.78 is 28.4. The molecule has 1 saturated carbocycles. The van der Waals surface area contributed by atoms with Crippen LogP contribution in [0.1, 0.15) is 52.0 Å². The van der Waals surface area contributed by atoms with Crippen molar-refractivity contribution in [2.75, 3.05) is 41.0 Å². The molecule has 2 heterocycles. The van der Waals surface area contributed by atoms with Crippen LogP contribution in [0.4, 0.5) is 4.79 Å². The molecule has 2 spiro atoms. The Morgan fingerprint density at radius 1 is 1.13 bits per heavy atom. The van der Waals surface area contributed by atoms with Crippen molar-refractivity contribution in [2.45, 2.75) is 86.7 Å². The Kier molecular flexibility index (Phi) is 8.67. The molecular formula is C28H41BrN2O7. The number of likely N-dealkylation sites (N-methyl/N-ethyl adjacent to an activating group) is 1. The number of carbonyl (C=O) groups excluding carboxylic acids is 2. The number of alkyl halides is 1. The van der Waals surface area contributed by atoms with E-state index in [0.29, 0.717) is 45.4 Å². The number of likely N-dealkylation sites (tertiary alicyclic amines) is 1. The summed E-state index contributed by atoms with van der Waals surface area (Å²) in [4.78, 5) is 30.3. The molecule has 1 aliphatic carbocycles. The Bertz CT molecular complexity index is 992. The van der Waals surface area contributed by atoms with E-state index in [0.717, 1.165) is 17.7 Å². The van der Waals surface area contributed by atoms with Crippen LogP contribution in [0, 0.1) is 0 Å². The summed E-state index contributed by atoms with van der Waals surface area (Å²) in [5.41, 5.74) is -0.00945. The number of carbonyl (C=O) groups is 2. The highest BCUT2D eigenvalue weighted by molar-refractivity contribution is 9.09. The number of hydrogen-bond donors (Lipinski definition) is 0. The molecule has 3 aliphatic rings. The number of halogens is 1. The van der Waals surface area contributed by atoms with Crippen LogP contribution >= 0.6 is 15.9 Å². The van der Waals surface area contributed by atoms with Crippen LogP contribution in [0.5, 0.6) is 5.75 Å². The van der Waals surface area contributed by atoms with Gasteiger partial charge in [-0.15, -0.1) is 0 Å². The van der Waals surface area contributed by atoms with Gasteiger partial charge >= 0.3 is 12.1 Å². The van der Waals surface area contributed by atoms with Gasteiger partial charge in [-0.3, -0.25) is 9.69 Å². The quantitative estimate of drug-likeness (QED) is 0.357. The zero-order valence-corrected chi connectivity index (χ0v) is 24.9. The fourth-order valence-electron chi connectivity index (χ4n) is 6.06. The number of amides is 1. The molecule has 2 saturated heterocycles. The van der Waals surface area contributed by atoms with Crippen LogP contribution in [0.3, 0.4) is 0 Å². The van der Waals surface area contributed by atoms with E-state index in [4.69, 9.17) is 23.7 Å². The van der Waals surface area contributed by atoms with Gasteiger partial charge < -0.3 is 28.6 Å². The van der Waals surface area contributed by atoms with E-state index in [2.05, 4.69) is 20.8 Å². The largest absolute Gasteiger partial charge is 0.497 e. The highest BCUT2D eigenvalue weighted by Crippen LogP contribution is 2.52. The molecule has 3 fully saturated rings. The van der Waals surface area contributed by atoms with Gasteiger partial charge in [0, 0.05) is 42.8 Å². The van der Waals surface area contributed by atoms with Crippen molar-refractivity contribution in [3.8, 4) is 5.75 Å². The van der Waals surface area contributed by atoms with Crippen molar-refractivity contribution < 1.29 is 33.3 Å². The zero-order valence-electron chi connectivity index (χ0n) is 23.3. The van der Waals surface area contributed by atoms with E-state index in [1.165, 1.54) is 7.11 Å². The molecule has 38 heavy (non-hydrogen) atoms. The predicted octanol–water partition coefficient (Wildman–Crippen LogP) is 4.15. The molecule has 1 unspecified atom stereocenters. The second-order valence-corrected chi connectivity index (χ2v) is 12.7. The first kappa shape index (κ1) is 29.1. The van der Waals surface area contributed by atoms with Crippen molar-refractivity contribution in [2.24, 2.45) is 0 Å². The van der Waals surface area contributed by atoms with Crippen LogP contribution in [-0.2, 0) is 30.2 Å². The lowest BCUT2D eigenvalue weighted by molar-refractivity contribution is -0.192. The minimum absolute atomic E-state index is 0.0260. The van der Waals surface area contributed by atoms with E-state index in [1.807, 2.05) is 45.0 Å². The number of methoxy groups -OCH3 is 2. The maximum absolute atomic E-state index is 13.3. The van der Waals surface area contributed by atoms with Gasteiger partial charge in [-0.25, -0.2) is 4.79 Å².